The van der Waals surface area contributed by atoms with Gasteiger partial charge in [0.1, 0.15) is 12.6 Å². The molecule has 0 aliphatic carbocycles. The molecular formula is C32H39Cl2N3O4S. The Morgan fingerprint density at radius 2 is 1.52 bits per heavy atom. The van der Waals surface area contributed by atoms with E-state index in [1.165, 1.54) is 17.0 Å². The molecule has 2 amide bonds. The van der Waals surface area contributed by atoms with Crippen molar-refractivity contribution in [3.05, 3.63) is 93.0 Å². The van der Waals surface area contributed by atoms with Crippen molar-refractivity contribution in [2.45, 2.75) is 77.9 Å². The number of carbonyl (C=O) groups excluding carboxylic acids is 2. The van der Waals surface area contributed by atoms with Crippen molar-refractivity contribution < 1.29 is 18.0 Å². The molecule has 0 fully saturated rings. The van der Waals surface area contributed by atoms with Gasteiger partial charge in [-0.25, -0.2) is 8.42 Å². The summed E-state index contributed by atoms with van der Waals surface area (Å²) in [6, 6.07) is 15.9. The van der Waals surface area contributed by atoms with Crippen LogP contribution in [-0.2, 0) is 26.2 Å². The molecule has 1 N–H and O–H groups in total. The molecule has 0 bridgehead atoms. The van der Waals surface area contributed by atoms with E-state index in [2.05, 4.69) is 5.32 Å². The van der Waals surface area contributed by atoms with Crippen LogP contribution in [0.5, 0.6) is 0 Å². The fourth-order valence-corrected chi connectivity index (χ4v) is 6.59. The van der Waals surface area contributed by atoms with Crippen LogP contribution in [0.4, 0.5) is 5.69 Å². The highest BCUT2D eigenvalue weighted by molar-refractivity contribution is 7.92. The second-order valence-corrected chi connectivity index (χ2v) is 14.2. The van der Waals surface area contributed by atoms with E-state index < -0.39 is 34.1 Å². The van der Waals surface area contributed by atoms with E-state index in [1.807, 2.05) is 47.6 Å². The lowest BCUT2D eigenvalue weighted by Crippen LogP contribution is -2.55. The van der Waals surface area contributed by atoms with Gasteiger partial charge in [0.05, 0.1) is 10.6 Å². The molecular weight excluding hydrogens is 593 g/mol. The highest BCUT2D eigenvalue weighted by atomic mass is 35.5. The number of rotatable bonds is 10. The number of anilines is 1. The predicted octanol–water partition coefficient (Wildman–Crippen LogP) is 6.84. The van der Waals surface area contributed by atoms with Crippen LogP contribution in [0.3, 0.4) is 0 Å². The van der Waals surface area contributed by atoms with Crippen molar-refractivity contribution in [1.82, 2.24) is 10.2 Å². The fourth-order valence-electron chi connectivity index (χ4n) is 4.64. The SMILES string of the molecule is CCC(C(=O)NC(C)(C)C)N(Cc1ccc(Cl)cc1Cl)C(=O)CN(c1ccc(C)cc1C)S(=O)(=O)c1ccc(C)cc1. The van der Waals surface area contributed by atoms with Crippen LogP contribution < -0.4 is 9.62 Å². The lowest BCUT2D eigenvalue weighted by molar-refractivity contribution is -0.141. The minimum atomic E-state index is -4.16. The van der Waals surface area contributed by atoms with Crippen LogP contribution in [-0.4, -0.2) is 43.3 Å². The molecule has 0 aliphatic rings. The number of nitrogens with zero attached hydrogens (tertiary/aromatic N) is 2. The van der Waals surface area contributed by atoms with Gasteiger partial charge >= 0.3 is 0 Å². The first-order chi connectivity index (χ1) is 19.5. The first-order valence-corrected chi connectivity index (χ1v) is 15.9. The van der Waals surface area contributed by atoms with Gasteiger partial charge in [-0.3, -0.25) is 13.9 Å². The third-order valence-electron chi connectivity index (χ3n) is 6.75. The molecule has 1 atom stereocenters. The third-order valence-corrected chi connectivity index (χ3v) is 9.11. The molecule has 226 valence electrons. The molecule has 3 aromatic carbocycles. The molecule has 3 rings (SSSR count). The predicted molar refractivity (Wildman–Crippen MR) is 171 cm³/mol. The standard InChI is InChI=1S/C32H39Cl2N3O4S/c1-8-28(31(39)35-32(5,6)7)36(19-24-12-13-25(33)18-27(24)34)30(38)20-37(29-16-11-22(3)17-23(29)4)42(40,41)26-14-9-21(2)10-15-26/h9-18,28H,8,19-20H2,1-7H3,(H,35,39). The Bertz CT molecular complexity index is 1550. The number of halogens is 2. The molecule has 1 unspecified atom stereocenters. The molecule has 7 nitrogen and oxygen atoms in total. The van der Waals surface area contributed by atoms with Crippen molar-refractivity contribution in [1.29, 1.82) is 0 Å². The molecule has 3 aromatic rings. The Morgan fingerprint density at radius 3 is 2.07 bits per heavy atom. The summed E-state index contributed by atoms with van der Waals surface area (Å²) in [5.74, 6) is -0.893. The molecule has 0 aliphatic heterocycles. The zero-order valence-corrected chi connectivity index (χ0v) is 27.5. The second kappa shape index (κ2) is 13.5. The zero-order chi connectivity index (χ0) is 31.4. The summed E-state index contributed by atoms with van der Waals surface area (Å²) < 4.78 is 29.3. The number of aryl methyl sites for hydroxylation is 3. The quantitative estimate of drug-likeness (QED) is 0.265. The van der Waals surface area contributed by atoms with Crippen LogP contribution in [0, 0.1) is 20.8 Å². The van der Waals surface area contributed by atoms with Crippen molar-refractivity contribution in [3.8, 4) is 0 Å². The van der Waals surface area contributed by atoms with Gasteiger partial charge in [-0.2, -0.15) is 0 Å². The van der Waals surface area contributed by atoms with Crippen LogP contribution in [0.2, 0.25) is 10.0 Å². The van der Waals surface area contributed by atoms with Gasteiger partial charge in [0.25, 0.3) is 10.0 Å². The van der Waals surface area contributed by atoms with Crippen LogP contribution in [0.15, 0.2) is 65.6 Å². The Morgan fingerprint density at radius 1 is 0.905 bits per heavy atom. The highest BCUT2D eigenvalue weighted by Crippen LogP contribution is 2.29. The molecule has 0 spiro atoms. The maximum absolute atomic E-state index is 14.3. The average molecular weight is 633 g/mol. The summed E-state index contributed by atoms with van der Waals surface area (Å²) >= 11 is 12.6. The van der Waals surface area contributed by atoms with E-state index in [1.54, 1.807) is 49.4 Å². The molecule has 42 heavy (non-hydrogen) atoms. The van der Waals surface area contributed by atoms with E-state index in [9.17, 15) is 18.0 Å². The first kappa shape index (κ1) is 33.4. The molecule has 0 saturated carbocycles. The Kier molecular flexibility index (Phi) is 10.7. The molecule has 0 aromatic heterocycles. The number of amides is 2. The van der Waals surface area contributed by atoms with Gasteiger partial charge in [0, 0.05) is 22.1 Å². The molecule has 0 saturated heterocycles. The van der Waals surface area contributed by atoms with E-state index in [0.29, 0.717) is 33.3 Å². The minimum absolute atomic E-state index is 0.0177. The van der Waals surface area contributed by atoms with Gasteiger partial charge in [-0.05, 0) is 89.4 Å². The topological polar surface area (TPSA) is 86.8 Å². The van der Waals surface area contributed by atoms with Gasteiger partial charge < -0.3 is 10.2 Å². The summed E-state index contributed by atoms with van der Waals surface area (Å²) in [7, 11) is -4.16. The highest BCUT2D eigenvalue weighted by Gasteiger charge is 2.35. The van der Waals surface area contributed by atoms with Gasteiger partial charge in [-0.15, -0.1) is 0 Å². The largest absolute Gasteiger partial charge is 0.350 e. The van der Waals surface area contributed by atoms with Crippen molar-refractivity contribution >= 4 is 50.7 Å². The molecule has 0 heterocycles. The zero-order valence-electron chi connectivity index (χ0n) is 25.2. The minimum Gasteiger partial charge on any atom is -0.350 e. The van der Waals surface area contributed by atoms with E-state index in [4.69, 9.17) is 23.2 Å². The monoisotopic (exact) mass is 631 g/mol. The molecule has 0 radical (unpaired) electrons. The first-order valence-electron chi connectivity index (χ1n) is 13.8. The van der Waals surface area contributed by atoms with E-state index in [-0.39, 0.29) is 17.3 Å². The van der Waals surface area contributed by atoms with Gasteiger partial charge in [0.15, 0.2) is 0 Å². The fraction of sp³-hybridized carbons (Fsp3) is 0.375. The molecule has 10 heteroatoms. The van der Waals surface area contributed by atoms with E-state index in [0.717, 1.165) is 15.4 Å². The van der Waals surface area contributed by atoms with Gasteiger partial charge in [0.2, 0.25) is 11.8 Å². The summed E-state index contributed by atoms with van der Waals surface area (Å²) in [6.07, 6.45) is 0.299. The van der Waals surface area contributed by atoms with Crippen LogP contribution >= 0.6 is 23.2 Å². The van der Waals surface area contributed by atoms with Crippen LogP contribution in [0.1, 0.15) is 56.4 Å². The van der Waals surface area contributed by atoms with Crippen molar-refractivity contribution in [2.24, 2.45) is 0 Å². The number of hydrogen-bond acceptors (Lipinski definition) is 4. The maximum atomic E-state index is 14.3. The smallest absolute Gasteiger partial charge is 0.264 e. The third kappa shape index (κ3) is 8.27. The van der Waals surface area contributed by atoms with Crippen molar-refractivity contribution in [2.75, 3.05) is 10.8 Å². The number of hydrogen-bond donors (Lipinski definition) is 1. The lowest BCUT2D eigenvalue weighted by Gasteiger charge is -2.35. The summed E-state index contributed by atoms with van der Waals surface area (Å²) in [4.78, 5) is 29.2. The summed E-state index contributed by atoms with van der Waals surface area (Å²) in [5, 5.41) is 3.73. The summed E-state index contributed by atoms with van der Waals surface area (Å²) in [5.41, 5.74) is 2.98. The number of carbonyl (C=O) groups is 2. The Labute approximate surface area is 259 Å². The second-order valence-electron chi connectivity index (χ2n) is 11.5. The summed E-state index contributed by atoms with van der Waals surface area (Å²) in [6.45, 7) is 12.4. The maximum Gasteiger partial charge on any atom is 0.264 e. The Hall–Kier alpha value is -3.07. The van der Waals surface area contributed by atoms with Crippen LogP contribution in [0.25, 0.3) is 0 Å². The van der Waals surface area contributed by atoms with Crippen molar-refractivity contribution in [3.63, 3.8) is 0 Å². The number of nitrogens with one attached hydrogen (secondary N) is 1. The normalized spacial score (nSPS) is 12.5. The number of sulfonamides is 1. The van der Waals surface area contributed by atoms with E-state index >= 15 is 0 Å². The van der Waals surface area contributed by atoms with Gasteiger partial charge in [-0.1, -0.05) is 71.6 Å². The number of benzene rings is 3. The lowest BCUT2D eigenvalue weighted by atomic mass is 10.1. The average Bonchev–Trinajstić information content (AvgIpc) is 2.88. The Balaban J connectivity index is 2.13.